The summed E-state index contributed by atoms with van der Waals surface area (Å²) in [5, 5.41) is 6.40. The molecule has 0 saturated carbocycles. The van der Waals surface area contributed by atoms with Gasteiger partial charge >= 0.3 is 0 Å². The van der Waals surface area contributed by atoms with Crippen LogP contribution in [0.5, 0.6) is 0 Å². The van der Waals surface area contributed by atoms with Crippen LogP contribution in [-0.2, 0) is 19.7 Å². The van der Waals surface area contributed by atoms with Gasteiger partial charge < -0.3 is 20.1 Å². The van der Waals surface area contributed by atoms with Gasteiger partial charge in [0.05, 0.1) is 12.7 Å². The second-order valence-corrected chi connectivity index (χ2v) is 6.48. The molecule has 5 nitrogen and oxygen atoms in total. The van der Waals surface area contributed by atoms with Crippen molar-refractivity contribution in [2.75, 3.05) is 32.9 Å². The molecule has 23 heavy (non-hydrogen) atoms. The number of carbonyl (C=O) groups excluding carboxylic acids is 1. The minimum Gasteiger partial charge on any atom is -0.381 e. The molecule has 0 radical (unpaired) electrons. The van der Waals surface area contributed by atoms with Crippen LogP contribution < -0.4 is 10.6 Å². The Morgan fingerprint density at radius 3 is 2.70 bits per heavy atom. The summed E-state index contributed by atoms with van der Waals surface area (Å²) < 4.78 is 11.1. The number of ether oxygens (including phenoxy) is 2. The normalized spacial score (nSPS) is 27.3. The number of amides is 1. The predicted octanol–water partition coefficient (Wildman–Crippen LogP) is 1.23. The largest absolute Gasteiger partial charge is 0.381 e. The zero-order valence-corrected chi connectivity index (χ0v) is 13.7. The van der Waals surface area contributed by atoms with Gasteiger partial charge in [-0.3, -0.25) is 4.79 Å². The van der Waals surface area contributed by atoms with Crippen molar-refractivity contribution in [3.05, 3.63) is 35.9 Å². The molecule has 0 aromatic heterocycles. The van der Waals surface area contributed by atoms with E-state index in [4.69, 9.17) is 9.47 Å². The fourth-order valence-corrected chi connectivity index (χ4v) is 3.51. The van der Waals surface area contributed by atoms with E-state index in [1.165, 1.54) is 5.56 Å². The lowest BCUT2D eigenvalue weighted by molar-refractivity contribution is -0.129. The number of nitrogens with one attached hydrogen (secondary N) is 2. The summed E-state index contributed by atoms with van der Waals surface area (Å²) >= 11 is 0. The summed E-state index contributed by atoms with van der Waals surface area (Å²) in [4.78, 5) is 12.5. The number of carbonyl (C=O) groups is 1. The highest BCUT2D eigenvalue weighted by molar-refractivity contribution is 5.82. The maximum absolute atomic E-state index is 12.5. The van der Waals surface area contributed by atoms with Gasteiger partial charge in [-0.25, -0.2) is 0 Å². The number of rotatable bonds is 4. The van der Waals surface area contributed by atoms with Crippen molar-refractivity contribution in [3.8, 4) is 0 Å². The Hall–Kier alpha value is -1.43. The molecule has 0 spiro atoms. The van der Waals surface area contributed by atoms with Crippen molar-refractivity contribution in [1.82, 2.24) is 10.6 Å². The van der Waals surface area contributed by atoms with Crippen molar-refractivity contribution in [2.24, 2.45) is 0 Å². The summed E-state index contributed by atoms with van der Waals surface area (Å²) in [6.07, 6.45) is 1.77. The fourth-order valence-electron chi connectivity index (χ4n) is 3.51. The summed E-state index contributed by atoms with van der Waals surface area (Å²) in [5.74, 6) is 0.0268. The van der Waals surface area contributed by atoms with Crippen LogP contribution in [0.3, 0.4) is 0 Å². The van der Waals surface area contributed by atoms with Gasteiger partial charge in [-0.05, 0) is 25.3 Å². The zero-order chi connectivity index (χ0) is 16.1. The van der Waals surface area contributed by atoms with E-state index in [0.717, 1.165) is 32.6 Å². The van der Waals surface area contributed by atoms with E-state index in [1.54, 1.807) is 0 Å². The van der Waals surface area contributed by atoms with Crippen molar-refractivity contribution in [3.63, 3.8) is 0 Å². The van der Waals surface area contributed by atoms with E-state index in [-0.39, 0.29) is 23.5 Å². The molecule has 0 bridgehead atoms. The van der Waals surface area contributed by atoms with Crippen LogP contribution in [-0.4, -0.2) is 51.0 Å². The van der Waals surface area contributed by atoms with Crippen molar-refractivity contribution < 1.29 is 14.3 Å². The van der Waals surface area contributed by atoms with Crippen molar-refractivity contribution in [2.45, 2.75) is 37.3 Å². The Balaban J connectivity index is 1.68. The Kier molecular flexibility index (Phi) is 5.30. The lowest BCUT2D eigenvalue weighted by Crippen LogP contribution is -2.57. The molecule has 2 aliphatic rings. The molecule has 0 unspecified atom stereocenters. The molecule has 2 saturated heterocycles. The molecule has 0 aliphatic carbocycles. The van der Waals surface area contributed by atoms with Crippen LogP contribution in [0.2, 0.25) is 0 Å². The molecule has 2 heterocycles. The Bertz CT molecular complexity index is 514. The van der Waals surface area contributed by atoms with Crippen LogP contribution >= 0.6 is 0 Å². The molecule has 126 valence electrons. The highest BCUT2D eigenvalue weighted by Gasteiger charge is 2.36. The van der Waals surface area contributed by atoms with Crippen molar-refractivity contribution >= 4 is 5.91 Å². The van der Waals surface area contributed by atoms with E-state index in [1.807, 2.05) is 13.0 Å². The second kappa shape index (κ2) is 7.43. The molecule has 2 atom stereocenters. The van der Waals surface area contributed by atoms with E-state index in [2.05, 4.69) is 34.9 Å². The smallest absolute Gasteiger partial charge is 0.239 e. The van der Waals surface area contributed by atoms with E-state index in [0.29, 0.717) is 13.2 Å². The van der Waals surface area contributed by atoms with Crippen LogP contribution in [0.15, 0.2) is 30.3 Å². The van der Waals surface area contributed by atoms with Gasteiger partial charge in [0.2, 0.25) is 5.91 Å². The van der Waals surface area contributed by atoms with Crippen LogP contribution in [0, 0.1) is 0 Å². The number of benzene rings is 1. The topological polar surface area (TPSA) is 59.6 Å². The summed E-state index contributed by atoms with van der Waals surface area (Å²) in [5.41, 5.74) is 1.25. The first-order valence-electron chi connectivity index (χ1n) is 8.47. The molecule has 2 fully saturated rings. The highest BCUT2D eigenvalue weighted by Crippen LogP contribution is 2.34. The first kappa shape index (κ1) is 16.4. The van der Waals surface area contributed by atoms with Gasteiger partial charge in [0.1, 0.15) is 6.04 Å². The monoisotopic (exact) mass is 318 g/mol. The average molecular weight is 318 g/mol. The maximum atomic E-state index is 12.5. The Labute approximate surface area is 137 Å². The number of hydrogen-bond donors (Lipinski definition) is 2. The lowest BCUT2D eigenvalue weighted by Gasteiger charge is -2.39. The third-order valence-electron chi connectivity index (χ3n) is 5.04. The molecule has 1 aromatic rings. The van der Waals surface area contributed by atoms with Gasteiger partial charge in [0.15, 0.2) is 0 Å². The molecular formula is C18H26N2O3. The molecular weight excluding hydrogens is 292 g/mol. The van der Waals surface area contributed by atoms with Gasteiger partial charge in [0.25, 0.3) is 0 Å². The summed E-state index contributed by atoms with van der Waals surface area (Å²) in [7, 11) is 0. The van der Waals surface area contributed by atoms with Crippen molar-refractivity contribution in [1.29, 1.82) is 0 Å². The Morgan fingerprint density at radius 1 is 1.26 bits per heavy atom. The van der Waals surface area contributed by atoms with Gasteiger partial charge in [0, 0.05) is 31.7 Å². The highest BCUT2D eigenvalue weighted by atomic mass is 16.5. The molecule has 3 rings (SSSR count). The van der Waals surface area contributed by atoms with Gasteiger partial charge in [-0.15, -0.1) is 0 Å². The van der Waals surface area contributed by atoms with E-state index < -0.39 is 0 Å². The number of morpholine rings is 1. The van der Waals surface area contributed by atoms with Crippen LogP contribution in [0.25, 0.3) is 0 Å². The minimum absolute atomic E-state index is 0.0268. The average Bonchev–Trinajstić information content (AvgIpc) is 2.62. The molecule has 1 amide bonds. The molecule has 2 N–H and O–H groups in total. The fraction of sp³-hybridized carbons (Fsp3) is 0.611. The minimum atomic E-state index is -0.267. The predicted molar refractivity (Wildman–Crippen MR) is 88.4 cm³/mol. The molecule has 1 aromatic carbocycles. The standard InChI is InChI=1S/C18H26N2O3/c1-14-16(19-9-12-23-14)17(21)20-13-18(7-10-22-11-8-18)15-5-3-2-4-6-15/h2-6,14,16,19H,7-13H2,1H3,(H,20,21)/t14-,16+/m1/s1. The molecule has 2 aliphatic heterocycles. The second-order valence-electron chi connectivity index (χ2n) is 6.48. The first-order chi connectivity index (χ1) is 11.2. The number of hydrogen-bond acceptors (Lipinski definition) is 4. The lowest BCUT2D eigenvalue weighted by atomic mass is 9.74. The van der Waals surface area contributed by atoms with E-state index in [9.17, 15) is 4.79 Å². The zero-order valence-electron chi connectivity index (χ0n) is 13.7. The molecule has 5 heteroatoms. The Morgan fingerprint density at radius 2 is 2.00 bits per heavy atom. The quantitative estimate of drug-likeness (QED) is 0.877. The van der Waals surface area contributed by atoms with Crippen LogP contribution in [0.1, 0.15) is 25.3 Å². The maximum Gasteiger partial charge on any atom is 0.239 e. The van der Waals surface area contributed by atoms with E-state index >= 15 is 0 Å². The first-order valence-corrected chi connectivity index (χ1v) is 8.47. The van der Waals surface area contributed by atoms with Gasteiger partial charge in [-0.1, -0.05) is 30.3 Å². The van der Waals surface area contributed by atoms with Crippen LogP contribution in [0.4, 0.5) is 0 Å². The third kappa shape index (κ3) is 3.74. The summed E-state index contributed by atoms with van der Waals surface area (Å²) in [6.45, 7) is 5.45. The summed E-state index contributed by atoms with van der Waals surface area (Å²) in [6, 6.07) is 10.2. The van der Waals surface area contributed by atoms with Gasteiger partial charge in [-0.2, -0.15) is 0 Å². The SMILES string of the molecule is C[C@H]1OCCN[C@@H]1C(=O)NCC1(c2ccccc2)CCOCC1. The third-order valence-corrected chi connectivity index (χ3v) is 5.04.